The van der Waals surface area contributed by atoms with E-state index in [4.69, 9.17) is 4.74 Å². The summed E-state index contributed by atoms with van der Waals surface area (Å²) in [5.74, 6) is 0.961. The van der Waals surface area contributed by atoms with Crippen LogP contribution in [-0.2, 0) is 11.2 Å². The number of nitrogens with one attached hydrogen (secondary N) is 1. The molecule has 0 aliphatic carbocycles. The largest absolute Gasteiger partial charge is 0.497 e. The summed E-state index contributed by atoms with van der Waals surface area (Å²) in [5, 5.41) is 3.04. The Bertz CT molecular complexity index is 578. The normalized spacial score (nSPS) is 11.7. The van der Waals surface area contributed by atoms with Gasteiger partial charge >= 0.3 is 0 Å². The fourth-order valence-electron chi connectivity index (χ4n) is 2.38. The van der Waals surface area contributed by atoms with Crippen molar-refractivity contribution in [3.05, 3.63) is 65.7 Å². The minimum atomic E-state index is 0.0506. The number of amides is 1. The summed E-state index contributed by atoms with van der Waals surface area (Å²) in [4.78, 5) is 12.0. The Morgan fingerprint density at radius 3 is 2.41 bits per heavy atom. The molecule has 1 N–H and O–H groups in total. The summed E-state index contributed by atoms with van der Waals surface area (Å²) in [6.45, 7) is 2.01. The van der Waals surface area contributed by atoms with Crippen LogP contribution in [0.1, 0.15) is 36.9 Å². The Balaban J connectivity index is 1.73. The zero-order valence-corrected chi connectivity index (χ0v) is 13.2. The molecule has 0 aliphatic heterocycles. The zero-order chi connectivity index (χ0) is 15.8. The van der Waals surface area contributed by atoms with E-state index >= 15 is 0 Å². The van der Waals surface area contributed by atoms with Crippen LogP contribution >= 0.6 is 0 Å². The first kappa shape index (κ1) is 16.1. The van der Waals surface area contributed by atoms with Gasteiger partial charge in [0.25, 0.3) is 0 Å². The van der Waals surface area contributed by atoms with Crippen molar-refractivity contribution in [3.63, 3.8) is 0 Å². The van der Waals surface area contributed by atoms with Gasteiger partial charge in [-0.25, -0.2) is 0 Å². The van der Waals surface area contributed by atoms with Crippen LogP contribution in [0.4, 0.5) is 0 Å². The highest BCUT2D eigenvalue weighted by molar-refractivity contribution is 5.76. The van der Waals surface area contributed by atoms with Crippen LogP contribution in [0, 0.1) is 0 Å². The van der Waals surface area contributed by atoms with Crippen molar-refractivity contribution in [1.29, 1.82) is 0 Å². The molecular weight excluding hydrogens is 274 g/mol. The van der Waals surface area contributed by atoms with Gasteiger partial charge in [0.15, 0.2) is 0 Å². The van der Waals surface area contributed by atoms with E-state index in [9.17, 15) is 4.79 Å². The molecular formula is C19H23NO2. The van der Waals surface area contributed by atoms with Gasteiger partial charge in [0.05, 0.1) is 13.2 Å². The fraction of sp³-hybridized carbons (Fsp3) is 0.316. The summed E-state index contributed by atoms with van der Waals surface area (Å²) in [6, 6.07) is 18.1. The molecule has 0 aromatic heterocycles. The van der Waals surface area contributed by atoms with Gasteiger partial charge in [-0.1, -0.05) is 42.5 Å². The van der Waals surface area contributed by atoms with Crippen LogP contribution in [-0.4, -0.2) is 13.0 Å². The Kier molecular flexibility index (Phi) is 6.01. The minimum Gasteiger partial charge on any atom is -0.497 e. The average Bonchev–Trinajstić information content (AvgIpc) is 2.56. The maximum absolute atomic E-state index is 12.0. The molecule has 0 bridgehead atoms. The van der Waals surface area contributed by atoms with Crippen LogP contribution < -0.4 is 10.1 Å². The topological polar surface area (TPSA) is 38.3 Å². The quantitative estimate of drug-likeness (QED) is 0.842. The van der Waals surface area contributed by atoms with E-state index in [2.05, 4.69) is 5.32 Å². The van der Waals surface area contributed by atoms with Crippen LogP contribution in [0.15, 0.2) is 54.6 Å². The lowest BCUT2D eigenvalue weighted by atomic mass is 10.1. The molecule has 1 amide bonds. The van der Waals surface area contributed by atoms with E-state index in [1.807, 2.05) is 61.5 Å². The van der Waals surface area contributed by atoms with Crippen molar-refractivity contribution in [2.75, 3.05) is 7.11 Å². The average molecular weight is 297 g/mol. The summed E-state index contributed by atoms with van der Waals surface area (Å²) in [7, 11) is 1.66. The number of methoxy groups -OCH3 is 1. The molecule has 2 aromatic carbocycles. The number of hydrogen-bond acceptors (Lipinski definition) is 2. The Hall–Kier alpha value is -2.29. The number of hydrogen-bond donors (Lipinski definition) is 1. The third-order valence-electron chi connectivity index (χ3n) is 3.71. The van der Waals surface area contributed by atoms with Crippen molar-refractivity contribution in [2.24, 2.45) is 0 Å². The first-order valence-corrected chi connectivity index (χ1v) is 7.66. The molecule has 3 nitrogen and oxygen atoms in total. The molecule has 0 saturated carbocycles. The van der Waals surface area contributed by atoms with Gasteiger partial charge in [-0.3, -0.25) is 4.79 Å². The van der Waals surface area contributed by atoms with E-state index in [0.29, 0.717) is 6.42 Å². The van der Waals surface area contributed by atoms with Gasteiger partial charge < -0.3 is 10.1 Å². The second-order valence-electron chi connectivity index (χ2n) is 5.40. The predicted octanol–water partition coefficient (Wildman–Crippen LogP) is 3.90. The Morgan fingerprint density at radius 1 is 1.09 bits per heavy atom. The minimum absolute atomic E-state index is 0.0506. The van der Waals surface area contributed by atoms with Gasteiger partial charge in [0, 0.05) is 6.42 Å². The Labute approximate surface area is 132 Å². The summed E-state index contributed by atoms with van der Waals surface area (Å²) in [5.41, 5.74) is 2.36. The summed E-state index contributed by atoms with van der Waals surface area (Å²) in [6.07, 6.45) is 2.29. The SMILES string of the molecule is COc1ccc(CCCC(=O)N[C@@H](C)c2ccccc2)cc1. The van der Waals surface area contributed by atoms with E-state index < -0.39 is 0 Å². The molecule has 0 spiro atoms. The summed E-state index contributed by atoms with van der Waals surface area (Å²) < 4.78 is 5.13. The zero-order valence-electron chi connectivity index (χ0n) is 13.2. The molecule has 0 unspecified atom stereocenters. The molecule has 22 heavy (non-hydrogen) atoms. The van der Waals surface area contributed by atoms with E-state index in [-0.39, 0.29) is 11.9 Å². The monoisotopic (exact) mass is 297 g/mol. The van der Waals surface area contributed by atoms with Crippen molar-refractivity contribution < 1.29 is 9.53 Å². The van der Waals surface area contributed by atoms with Gasteiger partial charge in [-0.2, -0.15) is 0 Å². The van der Waals surface area contributed by atoms with Crippen molar-refractivity contribution in [3.8, 4) is 5.75 Å². The second kappa shape index (κ2) is 8.23. The lowest BCUT2D eigenvalue weighted by molar-refractivity contribution is -0.121. The molecule has 3 heteroatoms. The predicted molar refractivity (Wildman–Crippen MR) is 88.9 cm³/mol. The number of aryl methyl sites for hydroxylation is 1. The van der Waals surface area contributed by atoms with Crippen molar-refractivity contribution in [2.45, 2.75) is 32.2 Å². The van der Waals surface area contributed by atoms with Gasteiger partial charge in [0.2, 0.25) is 5.91 Å². The molecule has 2 aromatic rings. The Morgan fingerprint density at radius 2 is 1.77 bits per heavy atom. The number of benzene rings is 2. The highest BCUT2D eigenvalue weighted by Crippen LogP contribution is 2.14. The molecule has 0 saturated heterocycles. The van der Waals surface area contributed by atoms with Crippen molar-refractivity contribution in [1.82, 2.24) is 5.32 Å². The molecule has 0 heterocycles. The van der Waals surface area contributed by atoms with Crippen LogP contribution in [0.2, 0.25) is 0 Å². The third kappa shape index (κ3) is 4.92. The molecule has 0 fully saturated rings. The van der Waals surface area contributed by atoms with E-state index in [1.165, 1.54) is 5.56 Å². The highest BCUT2D eigenvalue weighted by Gasteiger charge is 2.08. The molecule has 0 aliphatic rings. The maximum Gasteiger partial charge on any atom is 0.220 e. The van der Waals surface area contributed by atoms with Gasteiger partial charge in [-0.05, 0) is 43.0 Å². The van der Waals surface area contributed by atoms with Gasteiger partial charge in [0.1, 0.15) is 5.75 Å². The molecule has 2 rings (SSSR count). The second-order valence-corrected chi connectivity index (χ2v) is 5.40. The fourth-order valence-corrected chi connectivity index (χ4v) is 2.38. The van der Waals surface area contributed by atoms with Crippen LogP contribution in [0.25, 0.3) is 0 Å². The van der Waals surface area contributed by atoms with Gasteiger partial charge in [-0.15, -0.1) is 0 Å². The first-order chi connectivity index (χ1) is 10.7. The summed E-state index contributed by atoms with van der Waals surface area (Å²) >= 11 is 0. The molecule has 116 valence electrons. The maximum atomic E-state index is 12.0. The van der Waals surface area contributed by atoms with Crippen molar-refractivity contribution >= 4 is 5.91 Å². The standard InChI is InChI=1S/C19H23NO2/c1-15(17-8-4-3-5-9-17)20-19(21)10-6-7-16-11-13-18(22-2)14-12-16/h3-5,8-9,11-15H,6-7,10H2,1-2H3,(H,20,21)/t15-/m0/s1. The first-order valence-electron chi connectivity index (χ1n) is 7.66. The molecule has 1 atom stereocenters. The number of carbonyl (C=O) groups is 1. The third-order valence-corrected chi connectivity index (χ3v) is 3.71. The van der Waals surface area contributed by atoms with Crippen LogP contribution in [0.3, 0.4) is 0 Å². The lowest BCUT2D eigenvalue weighted by Gasteiger charge is -2.14. The van der Waals surface area contributed by atoms with Crippen LogP contribution in [0.5, 0.6) is 5.75 Å². The number of carbonyl (C=O) groups excluding carboxylic acids is 1. The smallest absolute Gasteiger partial charge is 0.220 e. The number of rotatable bonds is 7. The van der Waals surface area contributed by atoms with E-state index in [0.717, 1.165) is 24.2 Å². The van der Waals surface area contributed by atoms with E-state index in [1.54, 1.807) is 7.11 Å². The highest BCUT2D eigenvalue weighted by atomic mass is 16.5. The number of ether oxygens (including phenoxy) is 1. The molecule has 0 radical (unpaired) electrons. The lowest BCUT2D eigenvalue weighted by Crippen LogP contribution is -2.26.